The Morgan fingerprint density at radius 2 is 2.43 bits per heavy atom. The summed E-state index contributed by atoms with van der Waals surface area (Å²) in [5.41, 5.74) is 0.188. The highest BCUT2D eigenvalue weighted by molar-refractivity contribution is 6.30. The van der Waals surface area contributed by atoms with Crippen LogP contribution in [-0.2, 0) is 4.79 Å². The van der Waals surface area contributed by atoms with Gasteiger partial charge in [0, 0.05) is 0 Å². The van der Waals surface area contributed by atoms with Gasteiger partial charge in [0.1, 0.15) is 17.4 Å². The molecule has 72 valence electrons. The largest absolute Gasteiger partial charge is 0.481 e. The molecule has 0 fully saturated rings. The summed E-state index contributed by atoms with van der Waals surface area (Å²) in [7, 11) is 0. The number of pyridine rings is 1. The zero-order valence-corrected chi connectivity index (χ0v) is 7.68. The second-order valence-corrected chi connectivity index (χ2v) is 2.72. The summed E-state index contributed by atoms with van der Waals surface area (Å²) in [5.74, 6) is 3.14. The molecule has 0 aliphatic carbocycles. The van der Waals surface area contributed by atoms with E-state index >= 15 is 0 Å². The average Bonchev–Trinajstić information content (AvgIpc) is 2.10. The van der Waals surface area contributed by atoms with Crippen LogP contribution < -0.4 is 0 Å². The molecule has 1 heterocycles. The second-order valence-electron chi connectivity index (χ2n) is 2.36. The van der Waals surface area contributed by atoms with Gasteiger partial charge in [-0.1, -0.05) is 23.4 Å². The number of hydrogen-bond acceptors (Lipinski definition) is 2. The molecule has 0 atom stereocenters. The van der Waals surface area contributed by atoms with Gasteiger partial charge in [-0.2, -0.15) is 0 Å². The first-order valence-corrected chi connectivity index (χ1v) is 3.99. The van der Waals surface area contributed by atoms with Gasteiger partial charge in [0.25, 0.3) is 0 Å². The molecule has 1 rings (SSSR count). The van der Waals surface area contributed by atoms with Crippen molar-refractivity contribution in [1.82, 2.24) is 4.98 Å². The highest BCUT2D eigenvalue weighted by Gasteiger charge is 2.00. The first-order chi connectivity index (χ1) is 6.59. The number of aliphatic carboxylic acids is 1. The summed E-state index contributed by atoms with van der Waals surface area (Å²) in [6.45, 7) is 0. The molecule has 14 heavy (non-hydrogen) atoms. The molecular formula is C9H5ClFNO2. The van der Waals surface area contributed by atoms with Crippen LogP contribution in [0.2, 0.25) is 5.15 Å². The maximum atomic E-state index is 12.6. The molecular weight excluding hydrogens is 209 g/mol. The lowest BCUT2D eigenvalue weighted by Crippen LogP contribution is -1.91. The third-order valence-electron chi connectivity index (χ3n) is 1.27. The van der Waals surface area contributed by atoms with E-state index < -0.39 is 11.8 Å². The van der Waals surface area contributed by atoms with Gasteiger partial charge >= 0.3 is 5.97 Å². The number of nitrogens with zero attached hydrogens (tertiary/aromatic N) is 1. The lowest BCUT2D eigenvalue weighted by molar-refractivity contribution is -0.135. The van der Waals surface area contributed by atoms with Crippen molar-refractivity contribution in [3.63, 3.8) is 0 Å². The molecule has 1 aromatic heterocycles. The van der Waals surface area contributed by atoms with Crippen molar-refractivity contribution in [3.8, 4) is 11.8 Å². The van der Waals surface area contributed by atoms with E-state index in [1.54, 1.807) is 0 Å². The van der Waals surface area contributed by atoms with Crippen LogP contribution in [0, 0.1) is 17.7 Å². The van der Waals surface area contributed by atoms with Gasteiger partial charge in [-0.25, -0.2) is 9.37 Å². The Hall–Kier alpha value is -1.60. The molecule has 0 saturated heterocycles. The topological polar surface area (TPSA) is 50.2 Å². The smallest absolute Gasteiger partial charge is 0.315 e. The number of carbonyl (C=O) groups is 1. The number of carboxylic acid groups (broad SMARTS) is 1. The van der Waals surface area contributed by atoms with E-state index in [1.807, 2.05) is 0 Å². The summed E-state index contributed by atoms with van der Waals surface area (Å²) in [6.07, 6.45) is 0.650. The highest BCUT2D eigenvalue weighted by Crippen LogP contribution is 2.11. The van der Waals surface area contributed by atoms with E-state index in [9.17, 15) is 9.18 Å². The third-order valence-corrected chi connectivity index (χ3v) is 1.57. The summed E-state index contributed by atoms with van der Waals surface area (Å²) in [5, 5.41) is 8.35. The summed E-state index contributed by atoms with van der Waals surface area (Å²) >= 11 is 5.58. The van der Waals surface area contributed by atoms with Crippen LogP contribution in [0.3, 0.4) is 0 Å². The zero-order chi connectivity index (χ0) is 10.6. The molecule has 1 aromatic rings. The fraction of sp³-hybridized carbons (Fsp3) is 0.111. The van der Waals surface area contributed by atoms with Gasteiger partial charge in [-0.15, -0.1) is 0 Å². The lowest BCUT2D eigenvalue weighted by Gasteiger charge is -1.93. The maximum Gasteiger partial charge on any atom is 0.315 e. The molecule has 0 saturated carbocycles. The fourth-order valence-electron chi connectivity index (χ4n) is 0.725. The van der Waals surface area contributed by atoms with E-state index in [1.165, 1.54) is 0 Å². The minimum atomic E-state index is -1.04. The molecule has 1 N–H and O–H groups in total. The standard InChI is InChI=1S/C9H5ClFNO2/c10-9-6(2-1-3-8(13)14)4-7(11)5-12-9/h4-5H,3H2,(H,13,14). The Bertz CT molecular complexity index is 423. The highest BCUT2D eigenvalue weighted by atomic mass is 35.5. The van der Waals surface area contributed by atoms with Gasteiger partial charge in [-0.3, -0.25) is 4.79 Å². The van der Waals surface area contributed by atoms with Crippen molar-refractivity contribution >= 4 is 17.6 Å². The van der Waals surface area contributed by atoms with E-state index in [0.29, 0.717) is 0 Å². The Kier molecular flexibility index (Phi) is 3.43. The number of hydrogen-bond donors (Lipinski definition) is 1. The summed E-state index contributed by atoms with van der Waals surface area (Å²) in [4.78, 5) is 13.6. The van der Waals surface area contributed by atoms with Crippen LogP contribution in [0.15, 0.2) is 12.3 Å². The van der Waals surface area contributed by atoms with Crippen molar-refractivity contribution in [2.24, 2.45) is 0 Å². The van der Waals surface area contributed by atoms with Crippen LogP contribution >= 0.6 is 11.6 Å². The zero-order valence-electron chi connectivity index (χ0n) is 6.92. The summed E-state index contributed by atoms with van der Waals surface area (Å²) < 4.78 is 12.6. The maximum absolute atomic E-state index is 12.6. The van der Waals surface area contributed by atoms with Gasteiger partial charge in [0.05, 0.1) is 11.8 Å². The quantitative estimate of drug-likeness (QED) is 0.571. The molecule has 0 aromatic carbocycles. The van der Waals surface area contributed by atoms with Gasteiger partial charge in [-0.05, 0) is 6.07 Å². The van der Waals surface area contributed by atoms with E-state index in [-0.39, 0.29) is 17.1 Å². The van der Waals surface area contributed by atoms with E-state index in [2.05, 4.69) is 16.8 Å². The molecule has 3 nitrogen and oxygen atoms in total. The first kappa shape index (κ1) is 10.5. The van der Waals surface area contributed by atoms with Crippen molar-refractivity contribution in [2.45, 2.75) is 6.42 Å². The average molecular weight is 214 g/mol. The molecule has 0 bridgehead atoms. The van der Waals surface area contributed by atoms with Crippen molar-refractivity contribution in [2.75, 3.05) is 0 Å². The summed E-state index contributed by atoms with van der Waals surface area (Å²) in [6, 6.07) is 1.10. The van der Waals surface area contributed by atoms with Crippen molar-refractivity contribution in [1.29, 1.82) is 0 Å². The van der Waals surface area contributed by atoms with Gasteiger partial charge in [0.15, 0.2) is 0 Å². The van der Waals surface area contributed by atoms with E-state index in [4.69, 9.17) is 16.7 Å². The first-order valence-electron chi connectivity index (χ1n) is 3.61. The molecule has 0 radical (unpaired) electrons. The predicted octanol–water partition coefficient (Wildman–Crippen LogP) is 1.70. The number of carboxylic acids is 1. The van der Waals surface area contributed by atoms with Crippen LogP contribution in [0.1, 0.15) is 12.0 Å². The monoisotopic (exact) mass is 213 g/mol. The van der Waals surface area contributed by atoms with Crippen LogP contribution in [0.4, 0.5) is 4.39 Å². The normalized spacial score (nSPS) is 9.00. The lowest BCUT2D eigenvalue weighted by atomic mass is 10.3. The Morgan fingerprint density at radius 1 is 1.71 bits per heavy atom. The molecule has 0 aliphatic rings. The molecule has 0 unspecified atom stereocenters. The Morgan fingerprint density at radius 3 is 3.07 bits per heavy atom. The van der Waals surface area contributed by atoms with Gasteiger partial charge in [0.2, 0.25) is 0 Å². The minimum absolute atomic E-state index is 0.0595. The minimum Gasteiger partial charge on any atom is -0.481 e. The predicted molar refractivity (Wildman–Crippen MR) is 48.3 cm³/mol. The molecule has 5 heteroatoms. The third kappa shape index (κ3) is 3.04. The number of rotatable bonds is 1. The van der Waals surface area contributed by atoms with Gasteiger partial charge < -0.3 is 5.11 Å². The SMILES string of the molecule is O=C(O)CC#Cc1cc(F)cnc1Cl. The van der Waals surface area contributed by atoms with Crippen LogP contribution in [0.5, 0.6) is 0 Å². The van der Waals surface area contributed by atoms with Crippen LogP contribution in [0.25, 0.3) is 0 Å². The molecule has 0 aliphatic heterocycles. The van der Waals surface area contributed by atoms with E-state index in [0.717, 1.165) is 12.3 Å². The van der Waals surface area contributed by atoms with Crippen molar-refractivity contribution < 1.29 is 14.3 Å². The van der Waals surface area contributed by atoms with Crippen LogP contribution in [-0.4, -0.2) is 16.1 Å². The number of halogens is 2. The fourth-order valence-corrected chi connectivity index (χ4v) is 0.876. The number of aromatic nitrogens is 1. The Labute approximate surface area is 84.5 Å². The second kappa shape index (κ2) is 4.58. The molecule has 0 amide bonds. The van der Waals surface area contributed by atoms with Crippen molar-refractivity contribution in [3.05, 3.63) is 28.8 Å². The molecule has 0 spiro atoms. The Balaban J connectivity index is 2.88.